The zero-order valence-corrected chi connectivity index (χ0v) is 16.4. The molecule has 1 aromatic carbocycles. The smallest absolute Gasteiger partial charge is 0.315 e. The molecule has 3 rings (SSSR count). The minimum atomic E-state index is -3.27. The van der Waals surface area contributed by atoms with Crippen LogP contribution >= 0.6 is 0 Å². The number of carbonyl (C=O) groups excluding carboxylic acids is 1. The minimum absolute atomic E-state index is 0.319. The molecule has 0 aliphatic carbocycles. The lowest BCUT2D eigenvalue weighted by molar-refractivity contribution is -0.133. The number of hydrogen-bond donors (Lipinski definition) is 3. The number of halogens is 3. The van der Waals surface area contributed by atoms with Crippen molar-refractivity contribution in [3.05, 3.63) is 53.9 Å². The van der Waals surface area contributed by atoms with Crippen LogP contribution in [0.2, 0.25) is 0 Å². The number of nitrogens with one attached hydrogen (secondary N) is 2. The normalized spacial score (nSPS) is 17.0. The lowest BCUT2D eigenvalue weighted by Crippen LogP contribution is -2.43. The number of pyridine rings is 1. The molecule has 3 N–H and O–H groups in total. The first-order valence-electron chi connectivity index (χ1n) is 9.79. The highest BCUT2D eigenvalue weighted by Gasteiger charge is 2.26. The van der Waals surface area contributed by atoms with Gasteiger partial charge >= 0.3 is 6.43 Å². The van der Waals surface area contributed by atoms with Gasteiger partial charge in [0.15, 0.2) is 0 Å². The molecular formula is C21H25F3N4O2. The first-order valence-corrected chi connectivity index (χ1v) is 9.79. The van der Waals surface area contributed by atoms with Gasteiger partial charge < -0.3 is 15.7 Å². The van der Waals surface area contributed by atoms with Crippen molar-refractivity contribution in [1.29, 1.82) is 0 Å². The van der Waals surface area contributed by atoms with E-state index in [1.807, 2.05) is 17.4 Å². The molecule has 6 nitrogen and oxygen atoms in total. The van der Waals surface area contributed by atoms with Crippen LogP contribution in [0.1, 0.15) is 17.4 Å². The third kappa shape index (κ3) is 5.78. The van der Waals surface area contributed by atoms with Crippen LogP contribution in [-0.4, -0.2) is 66.2 Å². The average Bonchev–Trinajstić information content (AvgIpc) is 2.78. The number of alkyl halides is 3. The number of amides is 1. The Morgan fingerprint density at radius 2 is 1.80 bits per heavy atom. The average molecular weight is 422 g/mol. The van der Waals surface area contributed by atoms with Gasteiger partial charge in [-0.1, -0.05) is 30.3 Å². The van der Waals surface area contributed by atoms with Gasteiger partial charge in [-0.2, -0.15) is 8.78 Å². The van der Waals surface area contributed by atoms with Gasteiger partial charge in [-0.25, -0.2) is 4.39 Å². The molecule has 1 amide bonds. The van der Waals surface area contributed by atoms with Crippen molar-refractivity contribution in [2.24, 2.45) is 0 Å². The molecule has 1 saturated heterocycles. The second-order valence-electron chi connectivity index (χ2n) is 7.20. The van der Waals surface area contributed by atoms with Crippen LogP contribution in [0, 0.1) is 0 Å². The summed E-state index contributed by atoms with van der Waals surface area (Å²) in [6.45, 7) is 3.56. The van der Waals surface area contributed by atoms with Crippen molar-refractivity contribution in [3.8, 4) is 11.1 Å². The van der Waals surface area contributed by atoms with Gasteiger partial charge in [0.05, 0.1) is 11.7 Å². The van der Waals surface area contributed by atoms with Gasteiger partial charge in [-0.05, 0) is 17.2 Å². The van der Waals surface area contributed by atoms with Crippen molar-refractivity contribution in [1.82, 2.24) is 20.5 Å². The van der Waals surface area contributed by atoms with Gasteiger partial charge in [0.2, 0.25) is 0 Å². The lowest BCUT2D eigenvalue weighted by atomic mass is 9.99. The molecule has 0 bridgehead atoms. The Kier molecular flexibility index (Phi) is 7.78. The second-order valence-corrected chi connectivity index (χ2v) is 7.20. The summed E-state index contributed by atoms with van der Waals surface area (Å²) < 4.78 is 37.9. The van der Waals surface area contributed by atoms with E-state index in [2.05, 4.69) is 15.2 Å². The van der Waals surface area contributed by atoms with Gasteiger partial charge in [-0.15, -0.1) is 0 Å². The van der Waals surface area contributed by atoms with E-state index in [0.29, 0.717) is 5.56 Å². The molecule has 162 valence electrons. The van der Waals surface area contributed by atoms with Crippen LogP contribution in [0.3, 0.4) is 0 Å². The Bertz CT molecular complexity index is 812. The summed E-state index contributed by atoms with van der Waals surface area (Å²) in [5, 5.41) is 15.4. The van der Waals surface area contributed by atoms with Gasteiger partial charge in [0.1, 0.15) is 12.8 Å². The number of benzene rings is 1. The van der Waals surface area contributed by atoms with Gasteiger partial charge in [0.25, 0.3) is 5.91 Å². The summed E-state index contributed by atoms with van der Waals surface area (Å²) in [6.07, 6.45) is -2.93. The van der Waals surface area contributed by atoms with Crippen molar-refractivity contribution in [2.45, 2.75) is 25.1 Å². The van der Waals surface area contributed by atoms with E-state index in [-0.39, 0.29) is 0 Å². The summed E-state index contributed by atoms with van der Waals surface area (Å²) >= 11 is 0. The van der Waals surface area contributed by atoms with Crippen LogP contribution in [0.15, 0.2) is 42.6 Å². The zero-order chi connectivity index (χ0) is 21.5. The summed E-state index contributed by atoms with van der Waals surface area (Å²) in [6, 6.07) is 9.11. The number of rotatable bonds is 8. The van der Waals surface area contributed by atoms with Crippen molar-refractivity contribution < 1.29 is 23.1 Å². The highest BCUT2D eigenvalue weighted by molar-refractivity contribution is 5.79. The van der Waals surface area contributed by atoms with E-state index in [0.717, 1.165) is 49.5 Å². The van der Waals surface area contributed by atoms with E-state index in [9.17, 15) is 23.1 Å². The topological polar surface area (TPSA) is 77.5 Å². The zero-order valence-electron chi connectivity index (χ0n) is 16.4. The van der Waals surface area contributed by atoms with Crippen molar-refractivity contribution in [2.75, 3.05) is 32.9 Å². The molecule has 1 fully saturated rings. The Balaban J connectivity index is 1.63. The van der Waals surface area contributed by atoms with E-state index >= 15 is 0 Å². The van der Waals surface area contributed by atoms with E-state index in [1.165, 1.54) is 0 Å². The summed E-state index contributed by atoms with van der Waals surface area (Å²) in [7, 11) is 0. The fourth-order valence-corrected chi connectivity index (χ4v) is 3.34. The predicted molar refractivity (Wildman–Crippen MR) is 107 cm³/mol. The molecule has 0 unspecified atom stereocenters. The molecule has 2 heterocycles. The maximum atomic E-state index is 13.1. The maximum absolute atomic E-state index is 13.1. The summed E-state index contributed by atoms with van der Waals surface area (Å²) in [5.41, 5.74) is 3.03. The molecular weight excluding hydrogens is 397 g/mol. The number of piperazine rings is 1. The Morgan fingerprint density at radius 3 is 2.37 bits per heavy atom. The SMILES string of the molecule is O=C(N[C@H](CF)[C@H](O)c1ccc(-c2ccc(CN3CCNCC3)nc2)cc1)C(F)F. The Morgan fingerprint density at radius 1 is 1.13 bits per heavy atom. The molecule has 9 heteroatoms. The van der Waals surface area contributed by atoms with Crippen molar-refractivity contribution >= 4 is 5.91 Å². The number of nitrogens with zero attached hydrogens (tertiary/aromatic N) is 2. The fraction of sp³-hybridized carbons (Fsp3) is 0.429. The first kappa shape index (κ1) is 22.2. The van der Waals surface area contributed by atoms with E-state index in [1.54, 1.807) is 30.5 Å². The molecule has 1 aliphatic rings. The quantitative estimate of drug-likeness (QED) is 0.606. The third-order valence-electron chi connectivity index (χ3n) is 5.08. The molecule has 2 aromatic rings. The van der Waals surface area contributed by atoms with Crippen LogP contribution in [0.4, 0.5) is 13.2 Å². The largest absolute Gasteiger partial charge is 0.386 e. The van der Waals surface area contributed by atoms with Gasteiger partial charge in [0, 0.05) is 44.5 Å². The van der Waals surface area contributed by atoms with Crippen LogP contribution in [-0.2, 0) is 11.3 Å². The van der Waals surface area contributed by atoms with Gasteiger partial charge in [-0.3, -0.25) is 14.7 Å². The standard InChI is InChI=1S/C21H25F3N4O2/c22-11-18(27-21(30)20(23)24)19(29)15-3-1-14(2-4-15)16-5-6-17(26-12-16)13-28-9-7-25-8-10-28/h1-6,12,18-20,25,29H,7-11,13H2,(H,27,30)/t18-,19-/m1/s1. The van der Waals surface area contributed by atoms with E-state index < -0.39 is 31.2 Å². The number of hydrogen-bond acceptors (Lipinski definition) is 5. The van der Waals surface area contributed by atoms with E-state index in [4.69, 9.17) is 0 Å². The fourth-order valence-electron chi connectivity index (χ4n) is 3.34. The molecule has 1 aromatic heterocycles. The Labute approximate surface area is 173 Å². The molecule has 30 heavy (non-hydrogen) atoms. The molecule has 0 radical (unpaired) electrons. The third-order valence-corrected chi connectivity index (χ3v) is 5.08. The maximum Gasteiger partial charge on any atom is 0.315 e. The predicted octanol–water partition coefficient (Wildman–Crippen LogP) is 1.91. The molecule has 1 aliphatic heterocycles. The van der Waals surface area contributed by atoms with Crippen LogP contribution in [0.25, 0.3) is 11.1 Å². The molecule has 2 atom stereocenters. The van der Waals surface area contributed by atoms with Crippen molar-refractivity contribution in [3.63, 3.8) is 0 Å². The number of carbonyl (C=O) groups is 1. The minimum Gasteiger partial charge on any atom is -0.386 e. The first-order chi connectivity index (χ1) is 14.5. The highest BCUT2D eigenvalue weighted by Crippen LogP contribution is 2.24. The number of aromatic nitrogens is 1. The van der Waals surface area contributed by atoms with Crippen LogP contribution < -0.4 is 10.6 Å². The second kappa shape index (κ2) is 10.5. The molecule has 0 saturated carbocycles. The Hall–Kier alpha value is -2.49. The number of aliphatic hydroxyl groups excluding tert-OH is 1. The monoisotopic (exact) mass is 422 g/mol. The number of aliphatic hydroxyl groups is 1. The summed E-state index contributed by atoms with van der Waals surface area (Å²) in [5.74, 6) is -1.61. The molecule has 0 spiro atoms. The van der Waals surface area contributed by atoms with Crippen LogP contribution in [0.5, 0.6) is 0 Å². The lowest BCUT2D eigenvalue weighted by Gasteiger charge is -2.26. The summed E-state index contributed by atoms with van der Waals surface area (Å²) in [4.78, 5) is 17.9. The highest BCUT2D eigenvalue weighted by atomic mass is 19.3.